The van der Waals surface area contributed by atoms with E-state index in [2.05, 4.69) is 25.3 Å². The number of imidazole rings is 1. The van der Waals surface area contributed by atoms with E-state index >= 15 is 0 Å². The van der Waals surface area contributed by atoms with Crippen molar-refractivity contribution in [3.05, 3.63) is 71.9 Å². The van der Waals surface area contributed by atoms with Gasteiger partial charge in [0, 0.05) is 24.7 Å². The Hall–Kier alpha value is -3.49. The van der Waals surface area contributed by atoms with Crippen LogP contribution in [0.25, 0.3) is 17.2 Å². The van der Waals surface area contributed by atoms with Crippen LogP contribution in [-0.4, -0.2) is 24.3 Å². The summed E-state index contributed by atoms with van der Waals surface area (Å²) < 4.78 is 41.6. The van der Waals surface area contributed by atoms with E-state index in [0.717, 1.165) is 17.3 Å². The molecule has 28 heavy (non-hydrogen) atoms. The Balaban J connectivity index is 1.65. The average molecular weight is 384 g/mol. The Morgan fingerprint density at radius 2 is 1.93 bits per heavy atom. The van der Waals surface area contributed by atoms with Gasteiger partial charge in [-0.25, -0.2) is 15.0 Å². The van der Waals surface area contributed by atoms with Crippen molar-refractivity contribution in [2.24, 2.45) is 0 Å². The van der Waals surface area contributed by atoms with Crippen LogP contribution in [0.4, 0.5) is 19.0 Å². The van der Waals surface area contributed by atoms with Gasteiger partial charge in [-0.2, -0.15) is 13.2 Å². The van der Waals surface area contributed by atoms with Gasteiger partial charge in [0.15, 0.2) is 11.5 Å². The van der Waals surface area contributed by atoms with Gasteiger partial charge in [-0.3, -0.25) is 4.98 Å². The lowest BCUT2D eigenvalue weighted by Gasteiger charge is -2.11. The molecule has 9 heteroatoms. The summed E-state index contributed by atoms with van der Waals surface area (Å²) in [4.78, 5) is 16.3. The predicted octanol–water partition coefficient (Wildman–Crippen LogP) is 4.13. The lowest BCUT2D eigenvalue weighted by atomic mass is 10.3. The number of aryl methyl sites for hydroxylation is 1. The molecule has 4 aromatic rings. The topological polar surface area (TPSA) is 68.0 Å². The van der Waals surface area contributed by atoms with Crippen molar-refractivity contribution in [1.82, 2.24) is 24.3 Å². The number of halogens is 3. The fraction of sp³-hybridized carbons (Fsp3) is 0.158. The molecule has 4 rings (SSSR count). The fourth-order valence-electron chi connectivity index (χ4n) is 2.76. The monoisotopic (exact) mass is 384 g/mol. The number of aromatic nitrogens is 5. The van der Waals surface area contributed by atoms with Gasteiger partial charge in [-0.1, -0.05) is 12.1 Å². The predicted molar refractivity (Wildman–Crippen MR) is 97.5 cm³/mol. The molecular weight excluding hydrogens is 369 g/mol. The first-order chi connectivity index (χ1) is 13.4. The van der Waals surface area contributed by atoms with Crippen molar-refractivity contribution >= 4 is 11.5 Å². The highest BCUT2D eigenvalue weighted by Gasteiger charge is 2.34. The number of pyridine rings is 2. The molecule has 0 saturated heterocycles. The molecule has 0 fully saturated rings. The quantitative estimate of drug-likeness (QED) is 0.573. The van der Waals surface area contributed by atoms with E-state index in [1.54, 1.807) is 18.2 Å². The van der Waals surface area contributed by atoms with Crippen LogP contribution < -0.4 is 5.32 Å². The molecule has 142 valence electrons. The van der Waals surface area contributed by atoms with Gasteiger partial charge in [0.25, 0.3) is 0 Å². The van der Waals surface area contributed by atoms with Crippen LogP contribution in [0, 0.1) is 6.92 Å². The summed E-state index contributed by atoms with van der Waals surface area (Å²) in [5.41, 5.74) is 1.72. The highest BCUT2D eigenvalue weighted by atomic mass is 19.4. The Kier molecular flexibility index (Phi) is 4.42. The lowest BCUT2D eigenvalue weighted by Crippen LogP contribution is -2.12. The van der Waals surface area contributed by atoms with E-state index in [1.807, 2.05) is 35.9 Å². The summed E-state index contributed by atoms with van der Waals surface area (Å²) in [6.07, 6.45) is 0.569. The van der Waals surface area contributed by atoms with Crippen LogP contribution in [0.5, 0.6) is 0 Å². The van der Waals surface area contributed by atoms with Crippen LogP contribution in [-0.2, 0) is 12.7 Å². The molecule has 0 spiro atoms. The molecule has 0 aliphatic carbocycles. The van der Waals surface area contributed by atoms with Crippen LogP contribution >= 0.6 is 0 Å². The minimum absolute atomic E-state index is 0.0526. The number of nitrogens with one attached hydrogen (secondary N) is 1. The van der Waals surface area contributed by atoms with Crippen molar-refractivity contribution < 1.29 is 13.2 Å². The second-order valence-electron chi connectivity index (χ2n) is 6.18. The highest BCUT2D eigenvalue weighted by molar-refractivity contribution is 5.53. The van der Waals surface area contributed by atoms with Gasteiger partial charge in [0.1, 0.15) is 17.2 Å². The summed E-state index contributed by atoms with van der Waals surface area (Å²) in [5.74, 6) is -0.0412. The average Bonchev–Trinajstić information content (AvgIpc) is 3.11. The number of hydrogen-bond acceptors (Lipinski definition) is 5. The molecule has 0 aliphatic rings. The van der Waals surface area contributed by atoms with Crippen molar-refractivity contribution in [3.8, 4) is 11.5 Å². The smallest absolute Gasteiger partial charge is 0.364 e. The molecule has 0 bridgehead atoms. The van der Waals surface area contributed by atoms with Gasteiger partial charge < -0.3 is 9.72 Å². The Morgan fingerprint density at radius 1 is 1.07 bits per heavy atom. The zero-order valence-corrected chi connectivity index (χ0v) is 14.8. The highest BCUT2D eigenvalue weighted by Crippen LogP contribution is 2.30. The number of fused-ring (bicyclic) bond motifs is 1. The number of alkyl halides is 3. The number of rotatable bonds is 4. The molecule has 0 saturated carbocycles. The minimum atomic E-state index is -4.59. The van der Waals surface area contributed by atoms with E-state index in [1.165, 1.54) is 6.20 Å². The maximum atomic E-state index is 13.3. The normalized spacial score (nSPS) is 11.7. The van der Waals surface area contributed by atoms with Gasteiger partial charge in [-0.15, -0.1) is 0 Å². The molecule has 4 aromatic heterocycles. The Labute approximate surface area is 158 Å². The maximum Gasteiger partial charge on any atom is 0.433 e. The molecule has 0 radical (unpaired) electrons. The Bertz CT molecular complexity index is 1120. The summed E-state index contributed by atoms with van der Waals surface area (Å²) >= 11 is 0. The summed E-state index contributed by atoms with van der Waals surface area (Å²) in [6.45, 7) is 2.16. The van der Waals surface area contributed by atoms with E-state index in [4.69, 9.17) is 0 Å². The van der Waals surface area contributed by atoms with E-state index in [-0.39, 0.29) is 23.9 Å². The Morgan fingerprint density at radius 3 is 2.64 bits per heavy atom. The molecular formula is C19H15F3N6. The van der Waals surface area contributed by atoms with Crippen LogP contribution in [0.2, 0.25) is 0 Å². The first kappa shape index (κ1) is 17.9. The molecule has 0 amide bonds. The largest absolute Gasteiger partial charge is 0.433 e. The molecule has 0 aromatic carbocycles. The molecule has 6 nitrogen and oxygen atoms in total. The second-order valence-corrected chi connectivity index (χ2v) is 6.18. The van der Waals surface area contributed by atoms with Crippen LogP contribution in [0.15, 0.2) is 55.0 Å². The molecule has 0 unspecified atom stereocenters. The summed E-state index contributed by atoms with van der Waals surface area (Å²) in [7, 11) is 0. The molecule has 1 N–H and O–H groups in total. The lowest BCUT2D eigenvalue weighted by molar-refractivity contribution is -0.141. The third-order valence-electron chi connectivity index (χ3n) is 4.09. The van der Waals surface area contributed by atoms with E-state index in [9.17, 15) is 13.2 Å². The number of nitrogens with zero attached hydrogens (tertiary/aromatic N) is 5. The zero-order chi connectivity index (χ0) is 19.7. The molecule has 0 atom stereocenters. The van der Waals surface area contributed by atoms with Crippen molar-refractivity contribution in [2.75, 3.05) is 5.32 Å². The van der Waals surface area contributed by atoms with Crippen LogP contribution in [0.3, 0.4) is 0 Å². The second kappa shape index (κ2) is 6.91. The minimum Gasteiger partial charge on any atom is -0.364 e. The van der Waals surface area contributed by atoms with Crippen LogP contribution in [0.1, 0.15) is 17.0 Å². The standard InChI is InChI=1S/C19H15F3N6/c1-12-5-4-8-28-11-13(25-18(12)28)10-24-16-9-15(19(20,21)22)26-17(27-16)14-6-2-3-7-23-14/h2-9,11H,10H2,1H3,(H,24,26,27). The SMILES string of the molecule is Cc1cccn2cc(CNc3cc(C(F)(F)F)nc(-c4ccccn4)n3)nc12. The molecule has 0 aliphatic heterocycles. The number of hydrogen-bond donors (Lipinski definition) is 1. The van der Waals surface area contributed by atoms with Crippen molar-refractivity contribution in [1.29, 1.82) is 0 Å². The third kappa shape index (κ3) is 3.64. The molecule has 4 heterocycles. The maximum absolute atomic E-state index is 13.3. The first-order valence-electron chi connectivity index (χ1n) is 8.45. The fourth-order valence-corrected chi connectivity index (χ4v) is 2.76. The summed E-state index contributed by atoms with van der Waals surface area (Å²) in [5, 5.41) is 2.91. The van der Waals surface area contributed by atoms with E-state index < -0.39 is 11.9 Å². The summed E-state index contributed by atoms with van der Waals surface area (Å²) in [6, 6.07) is 9.62. The van der Waals surface area contributed by atoms with Gasteiger partial charge in [0.05, 0.1) is 12.2 Å². The first-order valence-corrected chi connectivity index (χ1v) is 8.45. The van der Waals surface area contributed by atoms with Crippen molar-refractivity contribution in [2.45, 2.75) is 19.6 Å². The van der Waals surface area contributed by atoms with E-state index in [0.29, 0.717) is 5.69 Å². The number of anilines is 1. The van der Waals surface area contributed by atoms with Gasteiger partial charge in [-0.05, 0) is 30.7 Å². The third-order valence-corrected chi connectivity index (χ3v) is 4.09. The zero-order valence-electron chi connectivity index (χ0n) is 14.8. The van der Waals surface area contributed by atoms with Crippen molar-refractivity contribution in [3.63, 3.8) is 0 Å². The van der Waals surface area contributed by atoms with Gasteiger partial charge >= 0.3 is 6.18 Å². The van der Waals surface area contributed by atoms with Gasteiger partial charge in [0.2, 0.25) is 0 Å².